The van der Waals surface area contributed by atoms with Crippen LogP contribution in [0.3, 0.4) is 0 Å². The molecule has 0 saturated heterocycles. The molecule has 3 N–H and O–H groups in total. The van der Waals surface area contributed by atoms with Crippen LogP contribution in [0, 0.1) is 11.3 Å². The summed E-state index contributed by atoms with van der Waals surface area (Å²) in [6.07, 6.45) is 2.76. The van der Waals surface area contributed by atoms with Gasteiger partial charge in [0.25, 0.3) is 11.8 Å². The Morgan fingerprint density at radius 2 is 2.04 bits per heavy atom. The number of nitrogens with one attached hydrogen (secondary N) is 1. The van der Waals surface area contributed by atoms with Crippen LogP contribution < -0.4 is 11.1 Å². The van der Waals surface area contributed by atoms with Crippen molar-refractivity contribution in [3.8, 4) is 0 Å². The summed E-state index contributed by atoms with van der Waals surface area (Å²) in [6.45, 7) is 6.73. The molecule has 1 aliphatic carbocycles. The van der Waals surface area contributed by atoms with Crippen LogP contribution in [0.4, 0.5) is 5.00 Å². The fourth-order valence-corrected chi connectivity index (χ4v) is 5.00. The van der Waals surface area contributed by atoms with Gasteiger partial charge >= 0.3 is 0 Å². The van der Waals surface area contributed by atoms with E-state index in [0.717, 1.165) is 29.7 Å². The van der Waals surface area contributed by atoms with E-state index in [1.165, 1.54) is 11.3 Å². The lowest BCUT2D eigenvalue weighted by atomic mass is 9.72. The second-order valence-electron chi connectivity index (χ2n) is 7.84. The van der Waals surface area contributed by atoms with E-state index in [2.05, 4.69) is 26.1 Å². The number of hydrogen-bond donors (Lipinski definition) is 2. The molecule has 1 aliphatic rings. The van der Waals surface area contributed by atoms with Crippen LogP contribution >= 0.6 is 22.9 Å². The van der Waals surface area contributed by atoms with Gasteiger partial charge in [-0.2, -0.15) is 0 Å². The maximum absolute atomic E-state index is 12.6. The van der Waals surface area contributed by atoms with Crippen LogP contribution in [0.15, 0.2) is 24.3 Å². The van der Waals surface area contributed by atoms with Gasteiger partial charge in [-0.25, -0.2) is 0 Å². The number of thiophene rings is 1. The minimum atomic E-state index is -0.488. The molecule has 4 nitrogen and oxygen atoms in total. The molecule has 1 aromatic carbocycles. The molecule has 0 aliphatic heterocycles. The second-order valence-corrected chi connectivity index (χ2v) is 9.38. The third-order valence-corrected chi connectivity index (χ3v) is 6.46. The van der Waals surface area contributed by atoms with E-state index >= 15 is 0 Å². The molecule has 0 unspecified atom stereocenters. The Hall–Kier alpha value is -1.85. The summed E-state index contributed by atoms with van der Waals surface area (Å²) in [5, 5.41) is 3.90. The quantitative estimate of drug-likeness (QED) is 0.781. The molecule has 0 spiro atoms. The molecule has 0 bridgehead atoms. The Kier molecular flexibility index (Phi) is 5.13. The van der Waals surface area contributed by atoms with Crippen molar-refractivity contribution in [2.24, 2.45) is 17.1 Å². The fourth-order valence-electron chi connectivity index (χ4n) is 3.48. The molecular formula is C20H23ClN2O2S. The zero-order valence-electron chi connectivity index (χ0n) is 15.2. The highest BCUT2D eigenvalue weighted by atomic mass is 35.5. The van der Waals surface area contributed by atoms with Gasteiger partial charge in [-0.15, -0.1) is 11.3 Å². The van der Waals surface area contributed by atoms with Crippen LogP contribution in [0.25, 0.3) is 0 Å². The molecule has 138 valence electrons. The average molecular weight is 391 g/mol. The van der Waals surface area contributed by atoms with Gasteiger partial charge < -0.3 is 11.1 Å². The fraction of sp³-hybridized carbons (Fsp3) is 0.400. The molecule has 1 aromatic heterocycles. The number of fused-ring (bicyclic) bond motifs is 1. The molecule has 26 heavy (non-hydrogen) atoms. The van der Waals surface area contributed by atoms with Crippen LogP contribution in [0.2, 0.25) is 5.02 Å². The molecule has 1 heterocycles. The van der Waals surface area contributed by atoms with Crippen molar-refractivity contribution in [3.63, 3.8) is 0 Å². The van der Waals surface area contributed by atoms with Gasteiger partial charge in [0, 0.05) is 15.5 Å². The summed E-state index contributed by atoms with van der Waals surface area (Å²) in [4.78, 5) is 25.8. The number of anilines is 1. The van der Waals surface area contributed by atoms with Crippen molar-refractivity contribution in [1.29, 1.82) is 0 Å². The predicted octanol–water partition coefficient (Wildman–Crippen LogP) is 4.90. The largest absolute Gasteiger partial charge is 0.365 e. The molecule has 0 saturated carbocycles. The van der Waals surface area contributed by atoms with Crippen molar-refractivity contribution < 1.29 is 9.59 Å². The molecule has 6 heteroatoms. The number of carbonyl (C=O) groups excluding carboxylic acids is 2. The highest BCUT2D eigenvalue weighted by molar-refractivity contribution is 7.17. The molecule has 2 amide bonds. The predicted molar refractivity (Wildman–Crippen MR) is 107 cm³/mol. The lowest BCUT2D eigenvalue weighted by Gasteiger charge is -2.33. The summed E-state index contributed by atoms with van der Waals surface area (Å²) in [5.41, 5.74) is 7.76. The maximum atomic E-state index is 12.6. The first kappa shape index (κ1) is 18.9. The van der Waals surface area contributed by atoms with Crippen LogP contribution in [-0.2, 0) is 12.8 Å². The number of primary amides is 1. The van der Waals surface area contributed by atoms with Gasteiger partial charge in [-0.05, 0) is 54.4 Å². The minimum absolute atomic E-state index is 0.207. The van der Waals surface area contributed by atoms with E-state index in [-0.39, 0.29) is 11.3 Å². The van der Waals surface area contributed by atoms with Gasteiger partial charge in [0.2, 0.25) is 0 Å². The lowest BCUT2D eigenvalue weighted by Crippen LogP contribution is -2.27. The van der Waals surface area contributed by atoms with E-state index in [1.54, 1.807) is 24.3 Å². The smallest absolute Gasteiger partial charge is 0.256 e. The van der Waals surface area contributed by atoms with E-state index in [4.69, 9.17) is 17.3 Å². The van der Waals surface area contributed by atoms with Gasteiger partial charge in [-0.1, -0.05) is 38.4 Å². The third-order valence-electron chi connectivity index (χ3n) is 5.05. The Morgan fingerprint density at radius 1 is 1.31 bits per heavy atom. The standard InChI is InChI=1S/C20H23ClN2O2S/c1-20(2,3)12-7-8-14-15(10-12)26-19(16(14)17(22)24)23-18(25)11-5-4-6-13(21)9-11/h4-6,9,12H,7-8,10H2,1-3H3,(H2,22,24)(H,23,25)/t12-/m1/s1. The molecular weight excluding hydrogens is 368 g/mol. The van der Waals surface area contributed by atoms with E-state index in [9.17, 15) is 9.59 Å². The zero-order valence-corrected chi connectivity index (χ0v) is 16.8. The maximum Gasteiger partial charge on any atom is 0.256 e. The van der Waals surface area contributed by atoms with Gasteiger partial charge in [-0.3, -0.25) is 9.59 Å². The Balaban J connectivity index is 1.92. The molecule has 3 rings (SSSR count). The molecule has 2 aromatic rings. The van der Waals surface area contributed by atoms with Crippen LogP contribution in [0.1, 0.15) is 58.3 Å². The summed E-state index contributed by atoms with van der Waals surface area (Å²) in [7, 11) is 0. The first-order valence-electron chi connectivity index (χ1n) is 8.68. The van der Waals surface area contributed by atoms with Gasteiger partial charge in [0.05, 0.1) is 5.56 Å². The number of halogens is 1. The van der Waals surface area contributed by atoms with Crippen molar-refractivity contribution in [2.75, 3.05) is 5.32 Å². The number of rotatable bonds is 3. The number of benzene rings is 1. The van der Waals surface area contributed by atoms with E-state index < -0.39 is 5.91 Å². The summed E-state index contributed by atoms with van der Waals surface area (Å²) in [5.74, 6) is -0.232. The Morgan fingerprint density at radius 3 is 2.65 bits per heavy atom. The first-order valence-corrected chi connectivity index (χ1v) is 9.87. The average Bonchev–Trinajstić information content (AvgIpc) is 2.91. The van der Waals surface area contributed by atoms with Gasteiger partial charge in [0.15, 0.2) is 0 Å². The number of amides is 2. The monoisotopic (exact) mass is 390 g/mol. The van der Waals surface area contributed by atoms with Crippen LogP contribution in [0.5, 0.6) is 0 Å². The number of nitrogens with two attached hydrogens (primary N) is 1. The van der Waals surface area contributed by atoms with E-state index in [1.807, 2.05) is 0 Å². The summed E-state index contributed by atoms with van der Waals surface area (Å²) in [6, 6.07) is 6.72. The Bertz CT molecular complexity index is 867. The summed E-state index contributed by atoms with van der Waals surface area (Å²) < 4.78 is 0. The SMILES string of the molecule is CC(C)(C)[C@@H]1CCc2c(sc(NC(=O)c3cccc(Cl)c3)c2C(N)=O)C1. The number of hydrogen-bond acceptors (Lipinski definition) is 3. The highest BCUT2D eigenvalue weighted by Crippen LogP contribution is 2.44. The zero-order chi connectivity index (χ0) is 19.1. The van der Waals surface area contributed by atoms with Crippen molar-refractivity contribution in [3.05, 3.63) is 50.9 Å². The van der Waals surface area contributed by atoms with Crippen molar-refractivity contribution in [1.82, 2.24) is 0 Å². The van der Waals surface area contributed by atoms with Crippen molar-refractivity contribution >= 4 is 39.8 Å². The second kappa shape index (κ2) is 7.05. The highest BCUT2D eigenvalue weighted by Gasteiger charge is 2.33. The molecule has 0 fully saturated rings. The lowest BCUT2D eigenvalue weighted by molar-refractivity contribution is 0.1000. The minimum Gasteiger partial charge on any atom is -0.365 e. The first-order chi connectivity index (χ1) is 12.2. The third kappa shape index (κ3) is 3.79. The van der Waals surface area contributed by atoms with E-state index in [0.29, 0.717) is 27.1 Å². The van der Waals surface area contributed by atoms with Gasteiger partial charge in [0.1, 0.15) is 5.00 Å². The normalized spacial score (nSPS) is 16.8. The molecule has 1 atom stereocenters. The summed E-state index contributed by atoms with van der Waals surface area (Å²) >= 11 is 7.43. The Labute approximate surface area is 162 Å². The van der Waals surface area contributed by atoms with Crippen LogP contribution in [-0.4, -0.2) is 11.8 Å². The topological polar surface area (TPSA) is 72.2 Å². The molecule has 0 radical (unpaired) electrons. The van der Waals surface area contributed by atoms with Crippen molar-refractivity contribution in [2.45, 2.75) is 40.0 Å². The number of carbonyl (C=O) groups is 2.